The van der Waals surface area contributed by atoms with Crippen molar-refractivity contribution in [3.63, 3.8) is 0 Å². The van der Waals surface area contributed by atoms with E-state index in [1.807, 2.05) is 24.8 Å². The molecule has 3 rings (SSSR count). The van der Waals surface area contributed by atoms with Crippen LogP contribution in [-0.4, -0.2) is 34.2 Å². The third-order valence-corrected chi connectivity index (χ3v) is 5.54. The van der Waals surface area contributed by atoms with Gasteiger partial charge in [-0.25, -0.2) is 9.78 Å². The lowest BCUT2D eigenvalue weighted by Gasteiger charge is -2.23. The third kappa shape index (κ3) is 3.77. The summed E-state index contributed by atoms with van der Waals surface area (Å²) in [6.45, 7) is 7.46. The predicted molar refractivity (Wildman–Crippen MR) is 93.2 cm³/mol. The number of amides is 2. The Hall–Kier alpha value is -1.89. The van der Waals surface area contributed by atoms with Crippen LogP contribution in [0.2, 0.25) is 0 Å². The van der Waals surface area contributed by atoms with E-state index < -0.39 is 0 Å². The van der Waals surface area contributed by atoms with Crippen LogP contribution in [0.5, 0.6) is 0 Å². The quantitative estimate of drug-likeness (QED) is 0.839. The van der Waals surface area contributed by atoms with Crippen molar-refractivity contribution < 1.29 is 9.32 Å². The van der Waals surface area contributed by atoms with Crippen LogP contribution in [0.25, 0.3) is 0 Å². The predicted octanol–water partition coefficient (Wildman–Crippen LogP) is 3.54. The number of nitrogens with one attached hydrogen (secondary N) is 1. The van der Waals surface area contributed by atoms with Gasteiger partial charge in [0.05, 0.1) is 22.4 Å². The molecule has 1 saturated heterocycles. The topological polar surface area (TPSA) is 71.3 Å². The molecule has 0 saturated carbocycles. The number of urea groups is 1. The molecular formula is C17H24N4O2S. The Kier molecular flexibility index (Phi) is 5.18. The third-order valence-electron chi connectivity index (χ3n) is 4.40. The average molecular weight is 348 g/mol. The van der Waals surface area contributed by atoms with Crippen LogP contribution < -0.4 is 5.32 Å². The van der Waals surface area contributed by atoms with E-state index in [-0.39, 0.29) is 12.1 Å². The van der Waals surface area contributed by atoms with E-state index >= 15 is 0 Å². The summed E-state index contributed by atoms with van der Waals surface area (Å²) in [5, 5.41) is 8.11. The molecule has 2 aromatic heterocycles. The lowest BCUT2D eigenvalue weighted by molar-refractivity contribution is 0.182. The van der Waals surface area contributed by atoms with Gasteiger partial charge >= 0.3 is 6.03 Å². The summed E-state index contributed by atoms with van der Waals surface area (Å²) in [7, 11) is 0. The molecule has 24 heavy (non-hydrogen) atoms. The first-order valence-corrected chi connectivity index (χ1v) is 9.27. The Bertz CT molecular complexity index is 690. The molecule has 0 spiro atoms. The van der Waals surface area contributed by atoms with Crippen LogP contribution in [0.3, 0.4) is 0 Å². The number of aromatic nitrogens is 2. The molecule has 0 bridgehead atoms. The number of hydrogen-bond donors (Lipinski definition) is 1. The van der Waals surface area contributed by atoms with Gasteiger partial charge in [-0.3, -0.25) is 0 Å². The van der Waals surface area contributed by atoms with Crippen molar-refractivity contribution in [2.24, 2.45) is 0 Å². The van der Waals surface area contributed by atoms with Crippen LogP contribution in [0.15, 0.2) is 10.6 Å². The van der Waals surface area contributed by atoms with E-state index in [4.69, 9.17) is 4.52 Å². The molecule has 1 atom stereocenters. The van der Waals surface area contributed by atoms with E-state index in [2.05, 4.69) is 22.4 Å². The molecule has 0 aliphatic carbocycles. The number of thiazole rings is 1. The van der Waals surface area contributed by atoms with Gasteiger partial charge in [0.25, 0.3) is 0 Å². The normalized spacial score (nSPS) is 17.5. The highest BCUT2D eigenvalue weighted by Crippen LogP contribution is 2.32. The minimum absolute atomic E-state index is 0.00969. The molecule has 2 aromatic rings. The molecule has 6 nitrogen and oxygen atoms in total. The summed E-state index contributed by atoms with van der Waals surface area (Å²) in [5.74, 6) is 0.786. The molecule has 0 unspecified atom stereocenters. The molecule has 1 fully saturated rings. The minimum atomic E-state index is -0.0157. The summed E-state index contributed by atoms with van der Waals surface area (Å²) >= 11 is 1.74. The van der Waals surface area contributed by atoms with E-state index in [1.54, 1.807) is 11.3 Å². The number of aryl methyl sites for hydroxylation is 4. The zero-order valence-corrected chi connectivity index (χ0v) is 15.3. The molecule has 1 N–H and O–H groups in total. The van der Waals surface area contributed by atoms with E-state index in [0.717, 1.165) is 54.4 Å². The molecule has 3 heterocycles. The number of nitrogens with zero attached hydrogens (tertiary/aromatic N) is 3. The second-order valence-electron chi connectivity index (χ2n) is 6.31. The van der Waals surface area contributed by atoms with Gasteiger partial charge in [-0.15, -0.1) is 11.3 Å². The van der Waals surface area contributed by atoms with Crippen molar-refractivity contribution in [3.05, 3.63) is 33.1 Å². The average Bonchev–Trinajstić information content (AvgIpc) is 3.25. The Labute approximate surface area is 146 Å². The Morgan fingerprint density at radius 3 is 2.96 bits per heavy atom. The fraction of sp³-hybridized carbons (Fsp3) is 0.588. The van der Waals surface area contributed by atoms with Gasteiger partial charge in [0.2, 0.25) is 0 Å². The summed E-state index contributed by atoms with van der Waals surface area (Å²) in [6, 6.07) is 1.91. The van der Waals surface area contributed by atoms with Crippen LogP contribution in [0.4, 0.5) is 4.79 Å². The SMILES string of the molecule is Cc1cc([C@@H]2CCCN2C(=O)NCCCc2nc(C)c(C)s2)on1. The smallest absolute Gasteiger partial charge is 0.318 e. The van der Waals surface area contributed by atoms with E-state index in [9.17, 15) is 4.79 Å². The number of hydrogen-bond acceptors (Lipinski definition) is 5. The highest BCUT2D eigenvalue weighted by molar-refractivity contribution is 7.11. The number of likely N-dealkylation sites (tertiary alicyclic amines) is 1. The largest absolute Gasteiger partial charge is 0.359 e. The maximum atomic E-state index is 12.4. The van der Waals surface area contributed by atoms with Gasteiger partial charge in [-0.1, -0.05) is 5.16 Å². The van der Waals surface area contributed by atoms with Gasteiger partial charge in [0.15, 0.2) is 5.76 Å². The van der Waals surface area contributed by atoms with Gasteiger partial charge in [-0.2, -0.15) is 0 Å². The fourth-order valence-electron chi connectivity index (χ4n) is 3.03. The van der Waals surface area contributed by atoms with Crippen molar-refractivity contribution in [2.45, 2.75) is 52.5 Å². The van der Waals surface area contributed by atoms with Crippen LogP contribution in [0, 0.1) is 20.8 Å². The van der Waals surface area contributed by atoms with Crippen LogP contribution in [-0.2, 0) is 6.42 Å². The zero-order chi connectivity index (χ0) is 17.1. The lowest BCUT2D eigenvalue weighted by Crippen LogP contribution is -2.39. The zero-order valence-electron chi connectivity index (χ0n) is 14.5. The van der Waals surface area contributed by atoms with Crippen LogP contribution >= 0.6 is 11.3 Å². The summed E-state index contributed by atoms with van der Waals surface area (Å²) < 4.78 is 5.35. The Balaban J connectivity index is 1.47. The summed E-state index contributed by atoms with van der Waals surface area (Å²) in [6.07, 6.45) is 3.73. The van der Waals surface area contributed by atoms with Crippen molar-refractivity contribution in [1.82, 2.24) is 20.4 Å². The first-order valence-electron chi connectivity index (χ1n) is 8.45. The van der Waals surface area contributed by atoms with E-state index in [0.29, 0.717) is 6.54 Å². The van der Waals surface area contributed by atoms with Gasteiger partial charge in [0, 0.05) is 30.5 Å². The highest BCUT2D eigenvalue weighted by atomic mass is 32.1. The second kappa shape index (κ2) is 7.34. The highest BCUT2D eigenvalue weighted by Gasteiger charge is 2.32. The standard InChI is InChI=1S/C17H24N4O2S/c1-11-10-15(23-20-11)14-6-5-9-21(14)17(22)18-8-4-7-16-19-12(2)13(3)24-16/h10,14H,4-9H2,1-3H3,(H,18,22)/t14-/m0/s1. The minimum Gasteiger partial charge on any atom is -0.359 e. The molecule has 0 aromatic carbocycles. The number of carbonyl (C=O) groups is 1. The molecule has 0 radical (unpaired) electrons. The second-order valence-corrected chi connectivity index (χ2v) is 7.59. The Morgan fingerprint density at radius 1 is 1.46 bits per heavy atom. The molecule has 7 heteroatoms. The molecule has 130 valence electrons. The number of carbonyl (C=O) groups excluding carboxylic acids is 1. The van der Waals surface area contributed by atoms with Crippen molar-refractivity contribution in [2.75, 3.05) is 13.1 Å². The molecule has 2 amide bonds. The monoisotopic (exact) mass is 348 g/mol. The van der Waals surface area contributed by atoms with Gasteiger partial charge in [0.1, 0.15) is 0 Å². The lowest BCUT2D eigenvalue weighted by atomic mass is 10.1. The van der Waals surface area contributed by atoms with Gasteiger partial charge in [-0.05, 0) is 40.0 Å². The number of rotatable bonds is 5. The van der Waals surface area contributed by atoms with Crippen molar-refractivity contribution in [1.29, 1.82) is 0 Å². The first-order chi connectivity index (χ1) is 11.5. The van der Waals surface area contributed by atoms with E-state index in [1.165, 1.54) is 4.88 Å². The van der Waals surface area contributed by atoms with Crippen molar-refractivity contribution >= 4 is 17.4 Å². The van der Waals surface area contributed by atoms with Crippen LogP contribution in [0.1, 0.15) is 52.3 Å². The van der Waals surface area contributed by atoms with Crippen molar-refractivity contribution in [3.8, 4) is 0 Å². The first kappa shape index (κ1) is 17.0. The summed E-state index contributed by atoms with van der Waals surface area (Å²) in [5.41, 5.74) is 1.97. The summed E-state index contributed by atoms with van der Waals surface area (Å²) in [4.78, 5) is 20.1. The maximum absolute atomic E-state index is 12.4. The van der Waals surface area contributed by atoms with Gasteiger partial charge < -0.3 is 14.7 Å². The molecular weight excluding hydrogens is 324 g/mol. The fourth-order valence-corrected chi connectivity index (χ4v) is 4.00. The molecule has 1 aliphatic heterocycles. The maximum Gasteiger partial charge on any atom is 0.318 e. The molecule has 1 aliphatic rings. The Morgan fingerprint density at radius 2 is 2.29 bits per heavy atom.